The summed E-state index contributed by atoms with van der Waals surface area (Å²) in [5.41, 5.74) is 2.21. The maximum Gasteiger partial charge on any atom is 0.143 e. The van der Waals surface area contributed by atoms with E-state index in [1.165, 1.54) is 12.1 Å². The predicted octanol–water partition coefficient (Wildman–Crippen LogP) is 5.77. The number of hydrogen-bond donors (Lipinski definition) is 0. The van der Waals surface area contributed by atoms with Crippen molar-refractivity contribution in [1.82, 2.24) is 14.5 Å². The molecular weight excluding hydrogens is 246 g/mol. The average Bonchev–Trinajstić information content (AvgIpc) is 2.82. The maximum absolute atomic E-state index is 4.15. The van der Waals surface area contributed by atoms with Crippen LogP contribution in [0, 0.1) is 6.92 Å². The number of fused-ring (bicyclic) bond motifs is 1. The van der Waals surface area contributed by atoms with Gasteiger partial charge >= 0.3 is 0 Å². The Bertz CT molecular complexity index is 406. The Balaban J connectivity index is -0.000000275. The first-order chi connectivity index (χ1) is 9.70. The largest absolute Gasteiger partial charge is 0.333 e. The minimum absolute atomic E-state index is 0.998. The summed E-state index contributed by atoms with van der Waals surface area (Å²) in [7, 11) is 2.00. The van der Waals surface area contributed by atoms with Gasteiger partial charge in [-0.25, -0.2) is 9.97 Å². The summed E-state index contributed by atoms with van der Waals surface area (Å²) < 4.78 is 2.05. The Morgan fingerprint density at radius 2 is 1.45 bits per heavy atom. The highest BCUT2D eigenvalue weighted by atomic mass is 15.0. The molecule has 2 rings (SSSR count). The third-order valence-electron chi connectivity index (χ3n) is 1.93. The van der Waals surface area contributed by atoms with Crippen LogP contribution in [0.5, 0.6) is 0 Å². The number of aromatic nitrogens is 3. The molecule has 0 fully saturated rings. The molecule has 2 heterocycles. The van der Waals surface area contributed by atoms with Gasteiger partial charge in [-0.05, 0) is 13.0 Å². The molecule has 0 bridgehead atoms. The van der Waals surface area contributed by atoms with Crippen LogP contribution in [0.3, 0.4) is 0 Å². The molecule has 0 amide bonds. The van der Waals surface area contributed by atoms with Gasteiger partial charge in [0.15, 0.2) is 0 Å². The minimum Gasteiger partial charge on any atom is -0.333 e. The molecule has 0 saturated heterocycles. The van der Waals surface area contributed by atoms with Gasteiger partial charge in [0.2, 0.25) is 0 Å². The van der Waals surface area contributed by atoms with E-state index in [2.05, 4.69) is 41.4 Å². The number of hydrogen-bond acceptors (Lipinski definition) is 2. The average molecular weight is 281 g/mol. The van der Waals surface area contributed by atoms with Gasteiger partial charge in [-0.1, -0.05) is 61.8 Å². The quantitative estimate of drug-likeness (QED) is 0.613. The van der Waals surface area contributed by atoms with E-state index in [9.17, 15) is 0 Å². The van der Waals surface area contributed by atoms with Crippen molar-refractivity contribution < 1.29 is 0 Å². The molecule has 0 aromatic carbocycles. The third kappa shape index (κ3) is 8.68. The van der Waals surface area contributed by atoms with Gasteiger partial charge in [-0.3, -0.25) is 0 Å². The topological polar surface area (TPSA) is 30.7 Å². The highest BCUT2D eigenvalue weighted by molar-refractivity contribution is 5.75. The molecule has 0 N–H and O–H groups in total. The van der Waals surface area contributed by atoms with Crippen LogP contribution in [0.4, 0.5) is 0 Å². The third-order valence-corrected chi connectivity index (χ3v) is 1.93. The summed E-state index contributed by atoms with van der Waals surface area (Å²) in [5.74, 6) is 0. The van der Waals surface area contributed by atoms with Crippen LogP contribution in [0.2, 0.25) is 0 Å². The van der Waals surface area contributed by atoms with E-state index in [0.717, 1.165) is 11.0 Å². The number of nitrogens with zero attached hydrogens (tertiary/aromatic N) is 3. The van der Waals surface area contributed by atoms with Gasteiger partial charge in [-0.2, -0.15) is 0 Å². The van der Waals surface area contributed by atoms with Crippen molar-refractivity contribution in [2.45, 2.75) is 68.7 Å². The zero-order chi connectivity index (χ0) is 16.6. The molecule has 0 atom stereocenters. The van der Waals surface area contributed by atoms with Crippen molar-refractivity contribution >= 4 is 11.0 Å². The van der Waals surface area contributed by atoms with E-state index < -0.39 is 0 Å². The van der Waals surface area contributed by atoms with Gasteiger partial charge in [0.25, 0.3) is 0 Å². The van der Waals surface area contributed by atoms with E-state index in [1.807, 2.05) is 54.8 Å². The molecule has 0 saturated carbocycles. The van der Waals surface area contributed by atoms with Gasteiger partial charge < -0.3 is 4.57 Å². The lowest BCUT2D eigenvalue weighted by Crippen LogP contribution is -1.91. The molecule has 20 heavy (non-hydrogen) atoms. The SMILES string of the molecule is CC.CC.CC.CCC.Cc1cc2cncnc2n1C. The van der Waals surface area contributed by atoms with Crippen molar-refractivity contribution in [1.29, 1.82) is 0 Å². The molecule has 0 aliphatic rings. The Morgan fingerprint density at radius 3 is 1.85 bits per heavy atom. The van der Waals surface area contributed by atoms with Crippen LogP contribution >= 0.6 is 0 Å². The van der Waals surface area contributed by atoms with Crippen molar-refractivity contribution in [3.05, 3.63) is 24.3 Å². The Hall–Kier alpha value is -1.38. The van der Waals surface area contributed by atoms with E-state index in [0.29, 0.717) is 0 Å². The summed E-state index contributed by atoms with van der Waals surface area (Å²) in [6.07, 6.45) is 4.65. The lowest BCUT2D eigenvalue weighted by atomic mass is 10.4. The summed E-state index contributed by atoms with van der Waals surface area (Å²) in [5, 5.41) is 1.10. The molecular formula is C17H35N3. The highest BCUT2D eigenvalue weighted by Crippen LogP contribution is 2.13. The van der Waals surface area contributed by atoms with Crippen LogP contribution in [0.15, 0.2) is 18.6 Å². The fourth-order valence-corrected chi connectivity index (χ4v) is 1.20. The van der Waals surface area contributed by atoms with E-state index >= 15 is 0 Å². The first-order valence-electron chi connectivity index (χ1n) is 7.92. The monoisotopic (exact) mass is 281 g/mol. The summed E-state index contributed by atoms with van der Waals surface area (Å²) >= 11 is 0. The maximum atomic E-state index is 4.15. The van der Waals surface area contributed by atoms with Crippen LogP contribution in [0.1, 0.15) is 67.5 Å². The molecule has 3 nitrogen and oxygen atoms in total. The van der Waals surface area contributed by atoms with E-state index in [-0.39, 0.29) is 0 Å². The number of rotatable bonds is 0. The van der Waals surface area contributed by atoms with Crippen LogP contribution in [0.25, 0.3) is 11.0 Å². The molecule has 0 unspecified atom stereocenters. The Kier molecular flexibility index (Phi) is 20.9. The van der Waals surface area contributed by atoms with Crippen LogP contribution in [-0.2, 0) is 7.05 Å². The lowest BCUT2D eigenvalue weighted by molar-refractivity contribution is 0.899. The van der Waals surface area contributed by atoms with Crippen molar-refractivity contribution in [2.75, 3.05) is 0 Å². The first kappa shape index (κ1) is 23.7. The zero-order valence-electron chi connectivity index (χ0n) is 15.3. The van der Waals surface area contributed by atoms with Crippen LogP contribution < -0.4 is 0 Å². The second kappa shape index (κ2) is 17.6. The molecule has 2 aromatic heterocycles. The first-order valence-corrected chi connectivity index (χ1v) is 7.92. The second-order valence-electron chi connectivity index (χ2n) is 3.35. The smallest absolute Gasteiger partial charge is 0.143 e. The van der Waals surface area contributed by atoms with Crippen molar-refractivity contribution in [3.63, 3.8) is 0 Å². The standard InChI is InChI=1S/C8H9N3.C3H8.3C2H6/c1-6-3-7-4-9-5-10-8(7)11(6)2;1-3-2;3*1-2/h3-5H,1-2H3;3H2,1-2H3;3*1-2H3. The Morgan fingerprint density at radius 1 is 1.00 bits per heavy atom. The normalized spacial score (nSPS) is 7.70. The zero-order valence-corrected chi connectivity index (χ0v) is 15.3. The fraction of sp³-hybridized carbons (Fsp3) is 0.647. The molecule has 0 aliphatic heterocycles. The summed E-state index contributed by atoms with van der Waals surface area (Å²) in [6.45, 7) is 18.3. The van der Waals surface area contributed by atoms with Gasteiger partial charge in [0.05, 0.1) is 0 Å². The molecule has 0 aliphatic carbocycles. The molecule has 0 radical (unpaired) electrons. The van der Waals surface area contributed by atoms with Crippen molar-refractivity contribution in [2.24, 2.45) is 7.05 Å². The lowest BCUT2D eigenvalue weighted by Gasteiger charge is -1.94. The van der Waals surface area contributed by atoms with Gasteiger partial charge in [0.1, 0.15) is 12.0 Å². The number of aryl methyl sites for hydroxylation is 2. The second-order valence-corrected chi connectivity index (χ2v) is 3.35. The van der Waals surface area contributed by atoms with Gasteiger partial charge in [0, 0.05) is 24.3 Å². The fourth-order valence-electron chi connectivity index (χ4n) is 1.20. The summed E-state index contributed by atoms with van der Waals surface area (Å²) in [4.78, 5) is 8.10. The Labute approximate surface area is 126 Å². The van der Waals surface area contributed by atoms with Crippen molar-refractivity contribution in [3.8, 4) is 0 Å². The summed E-state index contributed by atoms with van der Waals surface area (Å²) in [6, 6.07) is 2.08. The van der Waals surface area contributed by atoms with E-state index in [1.54, 1.807) is 6.33 Å². The molecule has 2 aromatic rings. The van der Waals surface area contributed by atoms with E-state index in [4.69, 9.17) is 0 Å². The van der Waals surface area contributed by atoms with Crippen LogP contribution in [-0.4, -0.2) is 14.5 Å². The highest BCUT2D eigenvalue weighted by Gasteiger charge is 2.00. The van der Waals surface area contributed by atoms with Gasteiger partial charge in [-0.15, -0.1) is 0 Å². The molecule has 3 heteroatoms. The predicted molar refractivity (Wildman–Crippen MR) is 93.3 cm³/mol. The minimum atomic E-state index is 0.998. The molecule has 118 valence electrons. The molecule has 0 spiro atoms.